The van der Waals surface area contributed by atoms with E-state index in [4.69, 9.17) is 0 Å². The second-order valence-corrected chi connectivity index (χ2v) is 5.61. The zero-order valence-corrected chi connectivity index (χ0v) is 12.8. The van der Waals surface area contributed by atoms with E-state index in [1.54, 1.807) is 0 Å². The van der Waals surface area contributed by atoms with Gasteiger partial charge in [-0.2, -0.15) is 5.10 Å². The quantitative estimate of drug-likeness (QED) is 0.881. The Kier molecular flexibility index (Phi) is 4.43. The second-order valence-electron chi connectivity index (χ2n) is 5.61. The molecule has 1 fully saturated rings. The summed E-state index contributed by atoms with van der Waals surface area (Å²) in [7, 11) is 0. The van der Waals surface area contributed by atoms with Crippen molar-refractivity contribution in [1.82, 2.24) is 9.78 Å². The van der Waals surface area contributed by atoms with Crippen molar-refractivity contribution in [1.29, 1.82) is 0 Å². The Bertz CT molecular complexity index is 570. The lowest BCUT2D eigenvalue weighted by Crippen LogP contribution is -2.19. The van der Waals surface area contributed by atoms with Crippen LogP contribution in [0.25, 0.3) is 0 Å². The normalized spacial score (nSPS) is 14.6. The van der Waals surface area contributed by atoms with E-state index in [0.29, 0.717) is 0 Å². The molecular formula is C17H24N4. The summed E-state index contributed by atoms with van der Waals surface area (Å²) in [6.07, 6.45) is 5.60. The van der Waals surface area contributed by atoms with Gasteiger partial charge >= 0.3 is 0 Å². The van der Waals surface area contributed by atoms with Crippen molar-refractivity contribution in [3.8, 4) is 0 Å². The molecule has 112 valence electrons. The Morgan fingerprint density at radius 3 is 2.76 bits per heavy atom. The highest BCUT2D eigenvalue weighted by Crippen LogP contribution is 2.28. The van der Waals surface area contributed by atoms with Crippen molar-refractivity contribution < 1.29 is 0 Å². The summed E-state index contributed by atoms with van der Waals surface area (Å²) in [6.45, 7) is 6.34. The summed E-state index contributed by atoms with van der Waals surface area (Å²) >= 11 is 0. The summed E-state index contributed by atoms with van der Waals surface area (Å²) in [4.78, 5) is 2.48. The molecule has 0 saturated carbocycles. The second kappa shape index (κ2) is 6.66. The molecule has 1 aromatic carbocycles. The summed E-state index contributed by atoms with van der Waals surface area (Å²) < 4.78 is 2.09. The topological polar surface area (TPSA) is 33.1 Å². The number of rotatable bonds is 6. The van der Waals surface area contributed by atoms with Gasteiger partial charge < -0.3 is 10.2 Å². The molecule has 0 bridgehead atoms. The van der Waals surface area contributed by atoms with Crippen molar-refractivity contribution in [3.05, 3.63) is 42.2 Å². The van der Waals surface area contributed by atoms with E-state index in [0.717, 1.165) is 19.5 Å². The number of aryl methyl sites for hydroxylation is 1. The minimum Gasteiger partial charge on any atom is -0.378 e. The summed E-state index contributed by atoms with van der Waals surface area (Å²) in [5, 5.41) is 7.97. The van der Waals surface area contributed by atoms with Crippen molar-refractivity contribution in [2.45, 2.75) is 39.3 Å². The highest BCUT2D eigenvalue weighted by Gasteiger charge is 2.15. The predicted octanol–water partition coefficient (Wildman–Crippen LogP) is 3.51. The van der Waals surface area contributed by atoms with Gasteiger partial charge in [-0.05, 0) is 37.5 Å². The molecule has 1 aromatic heterocycles. The van der Waals surface area contributed by atoms with Crippen LogP contribution in [0.15, 0.2) is 36.5 Å². The maximum absolute atomic E-state index is 4.38. The van der Waals surface area contributed by atoms with E-state index in [1.165, 1.54) is 43.0 Å². The van der Waals surface area contributed by atoms with E-state index >= 15 is 0 Å². The van der Waals surface area contributed by atoms with Gasteiger partial charge in [0.05, 0.1) is 23.6 Å². The molecule has 2 heterocycles. The Morgan fingerprint density at radius 2 is 1.95 bits per heavy atom. The van der Waals surface area contributed by atoms with E-state index in [2.05, 4.69) is 57.3 Å². The van der Waals surface area contributed by atoms with Crippen LogP contribution in [-0.2, 0) is 13.1 Å². The predicted molar refractivity (Wildman–Crippen MR) is 87.7 cm³/mol. The van der Waals surface area contributed by atoms with Gasteiger partial charge in [0.15, 0.2) is 0 Å². The average Bonchev–Trinajstić information content (AvgIpc) is 3.17. The number of aromatic nitrogens is 2. The number of nitrogens with zero attached hydrogens (tertiary/aromatic N) is 3. The standard InChI is InChI=1S/C17H24N4/c1-2-11-21-15(9-10-19-21)14-18-16-7-3-4-8-17(16)20-12-5-6-13-20/h3-4,7-10,18H,2,5-6,11-14H2,1H3. The lowest BCUT2D eigenvalue weighted by atomic mass is 10.2. The molecule has 1 saturated heterocycles. The first-order valence-corrected chi connectivity index (χ1v) is 7.97. The van der Waals surface area contributed by atoms with Gasteiger partial charge in [0.25, 0.3) is 0 Å². The number of para-hydroxylation sites is 2. The minimum atomic E-state index is 0.824. The van der Waals surface area contributed by atoms with Crippen LogP contribution in [-0.4, -0.2) is 22.9 Å². The molecule has 0 atom stereocenters. The Hall–Kier alpha value is -1.97. The van der Waals surface area contributed by atoms with E-state index in [1.807, 2.05) is 6.20 Å². The first-order valence-electron chi connectivity index (χ1n) is 7.97. The molecule has 0 amide bonds. The fraction of sp³-hybridized carbons (Fsp3) is 0.471. The minimum absolute atomic E-state index is 0.824. The van der Waals surface area contributed by atoms with Crippen LogP contribution < -0.4 is 10.2 Å². The molecule has 0 spiro atoms. The summed E-state index contributed by atoms with van der Waals surface area (Å²) in [5.74, 6) is 0. The largest absolute Gasteiger partial charge is 0.378 e. The molecule has 1 aliphatic rings. The monoisotopic (exact) mass is 284 g/mol. The fourth-order valence-corrected chi connectivity index (χ4v) is 2.97. The van der Waals surface area contributed by atoms with Gasteiger partial charge in [0, 0.05) is 25.8 Å². The number of benzene rings is 1. The van der Waals surface area contributed by atoms with Gasteiger partial charge in [0.1, 0.15) is 0 Å². The van der Waals surface area contributed by atoms with Gasteiger partial charge in [0.2, 0.25) is 0 Å². The van der Waals surface area contributed by atoms with Crippen LogP contribution in [0.4, 0.5) is 11.4 Å². The molecule has 2 aromatic rings. The van der Waals surface area contributed by atoms with Crippen LogP contribution in [0.2, 0.25) is 0 Å². The average molecular weight is 284 g/mol. The third kappa shape index (κ3) is 3.20. The first kappa shape index (κ1) is 14.0. The van der Waals surface area contributed by atoms with Crippen molar-refractivity contribution in [2.75, 3.05) is 23.3 Å². The van der Waals surface area contributed by atoms with E-state index < -0.39 is 0 Å². The lowest BCUT2D eigenvalue weighted by Gasteiger charge is -2.22. The molecule has 21 heavy (non-hydrogen) atoms. The lowest BCUT2D eigenvalue weighted by molar-refractivity contribution is 0.578. The maximum Gasteiger partial charge on any atom is 0.0602 e. The van der Waals surface area contributed by atoms with Crippen molar-refractivity contribution in [3.63, 3.8) is 0 Å². The number of anilines is 2. The molecule has 0 radical (unpaired) electrons. The van der Waals surface area contributed by atoms with Crippen LogP contribution in [0.1, 0.15) is 31.9 Å². The Labute approximate surface area is 126 Å². The van der Waals surface area contributed by atoms with Gasteiger partial charge in [-0.25, -0.2) is 0 Å². The summed E-state index contributed by atoms with van der Waals surface area (Å²) in [6, 6.07) is 10.7. The molecular weight excluding hydrogens is 260 g/mol. The molecule has 4 nitrogen and oxygen atoms in total. The molecule has 3 rings (SSSR count). The highest BCUT2D eigenvalue weighted by atomic mass is 15.3. The maximum atomic E-state index is 4.38. The van der Waals surface area contributed by atoms with Gasteiger partial charge in [-0.15, -0.1) is 0 Å². The van der Waals surface area contributed by atoms with E-state index in [9.17, 15) is 0 Å². The number of nitrogens with one attached hydrogen (secondary N) is 1. The molecule has 4 heteroatoms. The fourth-order valence-electron chi connectivity index (χ4n) is 2.97. The first-order chi connectivity index (χ1) is 10.4. The zero-order valence-electron chi connectivity index (χ0n) is 12.8. The van der Waals surface area contributed by atoms with Crippen LogP contribution in [0.3, 0.4) is 0 Å². The third-order valence-corrected chi connectivity index (χ3v) is 4.05. The SMILES string of the molecule is CCCn1nccc1CNc1ccccc1N1CCCC1. The molecule has 1 aliphatic heterocycles. The van der Waals surface area contributed by atoms with Crippen LogP contribution >= 0.6 is 0 Å². The van der Waals surface area contributed by atoms with Gasteiger partial charge in [-0.3, -0.25) is 4.68 Å². The Morgan fingerprint density at radius 1 is 1.14 bits per heavy atom. The number of hydrogen-bond acceptors (Lipinski definition) is 3. The highest BCUT2D eigenvalue weighted by molar-refractivity contribution is 5.70. The smallest absolute Gasteiger partial charge is 0.0602 e. The molecule has 0 unspecified atom stereocenters. The summed E-state index contributed by atoms with van der Waals surface area (Å²) in [5.41, 5.74) is 3.80. The van der Waals surface area contributed by atoms with Crippen LogP contribution in [0, 0.1) is 0 Å². The van der Waals surface area contributed by atoms with Crippen molar-refractivity contribution >= 4 is 11.4 Å². The van der Waals surface area contributed by atoms with Crippen molar-refractivity contribution in [2.24, 2.45) is 0 Å². The van der Waals surface area contributed by atoms with Gasteiger partial charge in [-0.1, -0.05) is 19.1 Å². The van der Waals surface area contributed by atoms with E-state index in [-0.39, 0.29) is 0 Å². The molecule has 1 N–H and O–H groups in total. The molecule has 0 aliphatic carbocycles. The zero-order chi connectivity index (χ0) is 14.5. The number of hydrogen-bond donors (Lipinski definition) is 1. The van der Waals surface area contributed by atoms with Crippen LogP contribution in [0.5, 0.6) is 0 Å². The third-order valence-electron chi connectivity index (χ3n) is 4.05. The Balaban J connectivity index is 1.71.